The van der Waals surface area contributed by atoms with Crippen molar-refractivity contribution >= 4 is 17.5 Å². The summed E-state index contributed by atoms with van der Waals surface area (Å²) < 4.78 is 5.30. The van der Waals surface area contributed by atoms with E-state index in [0.29, 0.717) is 18.9 Å². The molecule has 4 rings (SSSR count). The lowest BCUT2D eigenvalue weighted by Crippen LogP contribution is -2.50. The van der Waals surface area contributed by atoms with Crippen LogP contribution in [0.4, 0.5) is 5.69 Å². The number of anilines is 1. The minimum absolute atomic E-state index is 0.197. The Morgan fingerprint density at radius 1 is 1.00 bits per heavy atom. The highest BCUT2D eigenvalue weighted by Gasteiger charge is 2.36. The first-order valence-electron chi connectivity index (χ1n) is 9.85. The molecule has 1 aliphatic heterocycles. The van der Waals surface area contributed by atoms with E-state index in [0.717, 1.165) is 16.8 Å². The second-order valence-electron chi connectivity index (χ2n) is 7.66. The molecule has 0 radical (unpaired) electrons. The van der Waals surface area contributed by atoms with Crippen molar-refractivity contribution in [2.24, 2.45) is 0 Å². The molecule has 0 bridgehead atoms. The summed E-state index contributed by atoms with van der Waals surface area (Å²) in [6.07, 6.45) is 1.94. The highest BCUT2D eigenvalue weighted by atomic mass is 16.3. The molecule has 1 aliphatic rings. The highest BCUT2D eigenvalue weighted by molar-refractivity contribution is 6.00. The molecular weight excluding hydrogens is 364 g/mol. The van der Waals surface area contributed by atoms with Crippen LogP contribution >= 0.6 is 0 Å². The SMILES string of the molecule is CC(C)c1ccc(NC(=O)C2Cc3ccccc3CN2C(=O)c2ccco2)cc1. The van der Waals surface area contributed by atoms with E-state index < -0.39 is 6.04 Å². The van der Waals surface area contributed by atoms with Crippen LogP contribution in [0.1, 0.15) is 47.0 Å². The van der Waals surface area contributed by atoms with E-state index in [1.54, 1.807) is 17.0 Å². The fourth-order valence-corrected chi connectivity index (χ4v) is 3.69. The average molecular weight is 388 g/mol. The summed E-state index contributed by atoms with van der Waals surface area (Å²) in [6.45, 7) is 4.64. The molecule has 2 amide bonds. The van der Waals surface area contributed by atoms with E-state index in [2.05, 4.69) is 19.2 Å². The number of carbonyl (C=O) groups is 2. The molecule has 1 atom stereocenters. The number of hydrogen-bond donors (Lipinski definition) is 1. The molecule has 29 heavy (non-hydrogen) atoms. The zero-order valence-electron chi connectivity index (χ0n) is 16.6. The Morgan fingerprint density at radius 3 is 2.38 bits per heavy atom. The molecule has 148 valence electrons. The Bertz CT molecular complexity index is 1010. The van der Waals surface area contributed by atoms with Crippen LogP contribution in [0.3, 0.4) is 0 Å². The number of fused-ring (bicyclic) bond motifs is 1. The van der Waals surface area contributed by atoms with Crippen LogP contribution in [-0.4, -0.2) is 22.8 Å². The van der Waals surface area contributed by atoms with Crippen molar-refractivity contribution in [3.63, 3.8) is 0 Å². The van der Waals surface area contributed by atoms with Crippen molar-refractivity contribution in [1.29, 1.82) is 0 Å². The third-order valence-corrected chi connectivity index (χ3v) is 5.39. The Kier molecular flexibility index (Phi) is 5.21. The van der Waals surface area contributed by atoms with Gasteiger partial charge in [-0.2, -0.15) is 0 Å². The maximum atomic E-state index is 13.1. The highest BCUT2D eigenvalue weighted by Crippen LogP contribution is 2.26. The fourth-order valence-electron chi connectivity index (χ4n) is 3.69. The number of nitrogens with one attached hydrogen (secondary N) is 1. The van der Waals surface area contributed by atoms with E-state index >= 15 is 0 Å². The average Bonchev–Trinajstić information content (AvgIpc) is 3.27. The minimum Gasteiger partial charge on any atom is -0.459 e. The Labute approximate surface area is 170 Å². The lowest BCUT2D eigenvalue weighted by molar-refractivity contribution is -0.121. The number of amides is 2. The lowest BCUT2D eigenvalue weighted by atomic mass is 9.93. The molecular formula is C24H24N2O3. The smallest absolute Gasteiger partial charge is 0.290 e. The predicted molar refractivity (Wildman–Crippen MR) is 112 cm³/mol. The van der Waals surface area contributed by atoms with E-state index in [-0.39, 0.29) is 17.6 Å². The molecule has 2 heterocycles. The zero-order valence-corrected chi connectivity index (χ0v) is 16.6. The normalized spacial score (nSPS) is 15.8. The van der Waals surface area contributed by atoms with Gasteiger partial charge in [0.05, 0.1) is 6.26 Å². The van der Waals surface area contributed by atoms with Crippen molar-refractivity contribution in [3.8, 4) is 0 Å². The lowest BCUT2D eigenvalue weighted by Gasteiger charge is -2.35. The Balaban J connectivity index is 1.59. The van der Waals surface area contributed by atoms with Gasteiger partial charge in [-0.15, -0.1) is 0 Å². The van der Waals surface area contributed by atoms with E-state index in [1.807, 2.05) is 48.5 Å². The van der Waals surface area contributed by atoms with Gasteiger partial charge in [0.15, 0.2) is 5.76 Å². The number of benzene rings is 2. The van der Waals surface area contributed by atoms with Gasteiger partial charge in [-0.3, -0.25) is 9.59 Å². The van der Waals surface area contributed by atoms with Crippen molar-refractivity contribution in [2.75, 3.05) is 5.32 Å². The Hall–Kier alpha value is -3.34. The van der Waals surface area contributed by atoms with Crippen molar-refractivity contribution in [3.05, 3.63) is 89.4 Å². The summed E-state index contributed by atoms with van der Waals surface area (Å²) in [5, 5.41) is 2.98. The molecule has 0 aliphatic carbocycles. The second-order valence-corrected chi connectivity index (χ2v) is 7.66. The van der Waals surface area contributed by atoms with Crippen molar-refractivity contribution in [1.82, 2.24) is 4.90 Å². The number of carbonyl (C=O) groups excluding carboxylic acids is 2. The van der Waals surface area contributed by atoms with Crippen molar-refractivity contribution in [2.45, 2.75) is 38.8 Å². The maximum Gasteiger partial charge on any atom is 0.290 e. The minimum atomic E-state index is -0.604. The van der Waals surface area contributed by atoms with Crippen LogP contribution in [0.15, 0.2) is 71.3 Å². The fraction of sp³-hybridized carbons (Fsp3) is 0.250. The van der Waals surface area contributed by atoms with Gasteiger partial charge >= 0.3 is 0 Å². The molecule has 1 N–H and O–H groups in total. The van der Waals surface area contributed by atoms with Crippen LogP contribution in [0.2, 0.25) is 0 Å². The van der Waals surface area contributed by atoms with Crippen LogP contribution < -0.4 is 5.32 Å². The molecule has 0 spiro atoms. The standard InChI is InChI=1S/C24H24N2O3/c1-16(2)17-9-11-20(12-10-17)25-23(27)21-14-18-6-3-4-7-19(18)15-26(21)24(28)22-8-5-13-29-22/h3-13,16,21H,14-15H2,1-2H3,(H,25,27). The first kappa shape index (κ1) is 19.0. The predicted octanol–water partition coefficient (Wildman–Crippen LogP) is 4.61. The van der Waals surface area contributed by atoms with Gasteiger partial charge in [0.25, 0.3) is 5.91 Å². The quantitative estimate of drug-likeness (QED) is 0.710. The molecule has 1 unspecified atom stereocenters. The van der Waals surface area contributed by atoms with Gasteiger partial charge in [0.1, 0.15) is 6.04 Å². The third kappa shape index (κ3) is 3.94. The van der Waals surface area contributed by atoms with Gasteiger partial charge in [-0.25, -0.2) is 0 Å². The maximum absolute atomic E-state index is 13.1. The van der Waals surface area contributed by atoms with Crippen LogP contribution in [-0.2, 0) is 17.8 Å². The molecule has 0 saturated carbocycles. The summed E-state index contributed by atoms with van der Waals surface area (Å²) in [5.74, 6) is 0.191. The largest absolute Gasteiger partial charge is 0.459 e. The molecule has 0 saturated heterocycles. The molecule has 3 aromatic rings. The summed E-state index contributed by atoms with van der Waals surface area (Å²) in [5.41, 5.74) is 4.08. The molecule has 2 aromatic carbocycles. The summed E-state index contributed by atoms with van der Waals surface area (Å²) in [6, 6.07) is 18.5. The van der Waals surface area contributed by atoms with E-state index in [1.165, 1.54) is 11.8 Å². The monoisotopic (exact) mass is 388 g/mol. The molecule has 5 heteroatoms. The number of nitrogens with zero attached hydrogens (tertiary/aromatic N) is 1. The van der Waals surface area contributed by atoms with Crippen LogP contribution in [0, 0.1) is 0 Å². The zero-order chi connectivity index (χ0) is 20.4. The summed E-state index contributed by atoms with van der Waals surface area (Å²) in [4.78, 5) is 27.8. The first-order valence-corrected chi connectivity index (χ1v) is 9.85. The third-order valence-electron chi connectivity index (χ3n) is 5.39. The summed E-state index contributed by atoms with van der Waals surface area (Å²) >= 11 is 0. The summed E-state index contributed by atoms with van der Waals surface area (Å²) in [7, 11) is 0. The van der Waals surface area contributed by atoms with Crippen LogP contribution in [0.25, 0.3) is 0 Å². The van der Waals surface area contributed by atoms with Gasteiger partial charge in [-0.05, 0) is 46.9 Å². The van der Waals surface area contributed by atoms with E-state index in [4.69, 9.17) is 4.42 Å². The number of rotatable bonds is 4. The Morgan fingerprint density at radius 2 is 1.72 bits per heavy atom. The number of furan rings is 1. The van der Waals surface area contributed by atoms with E-state index in [9.17, 15) is 9.59 Å². The van der Waals surface area contributed by atoms with Gasteiger partial charge in [0, 0.05) is 18.7 Å². The van der Waals surface area contributed by atoms with Gasteiger partial charge in [-0.1, -0.05) is 50.2 Å². The molecule has 0 fully saturated rings. The van der Waals surface area contributed by atoms with Crippen LogP contribution in [0.5, 0.6) is 0 Å². The van der Waals surface area contributed by atoms with Gasteiger partial charge in [0.2, 0.25) is 5.91 Å². The topological polar surface area (TPSA) is 62.6 Å². The molecule has 1 aromatic heterocycles. The molecule has 5 nitrogen and oxygen atoms in total. The van der Waals surface area contributed by atoms with Crippen molar-refractivity contribution < 1.29 is 14.0 Å². The first-order chi connectivity index (χ1) is 14.0. The number of hydrogen-bond acceptors (Lipinski definition) is 3. The van der Waals surface area contributed by atoms with Gasteiger partial charge < -0.3 is 14.6 Å². The second kappa shape index (κ2) is 7.95.